The molecule has 0 aliphatic carbocycles. The molecule has 2 amide bonds. The van der Waals surface area contributed by atoms with E-state index in [1.165, 1.54) is 7.11 Å². The predicted molar refractivity (Wildman–Crippen MR) is 168 cm³/mol. The van der Waals surface area contributed by atoms with Gasteiger partial charge in [-0.25, -0.2) is 19.4 Å². The van der Waals surface area contributed by atoms with Crippen LogP contribution in [-0.4, -0.2) is 61.5 Å². The molecule has 0 saturated carbocycles. The van der Waals surface area contributed by atoms with Crippen molar-refractivity contribution in [3.05, 3.63) is 90.1 Å². The molecule has 1 unspecified atom stereocenters. The third-order valence-electron chi connectivity index (χ3n) is 7.33. The predicted octanol–water partition coefficient (Wildman–Crippen LogP) is 5.75. The molecular weight excluding hydrogens is 560 g/mol. The number of anilines is 2. The van der Waals surface area contributed by atoms with Crippen LogP contribution in [0.4, 0.5) is 21.1 Å². The Hall–Kier alpha value is -4.60. The fraction of sp³-hybridized carbons (Fsp3) is 0.412. The monoisotopic (exact) mass is 602 g/mol. The Labute approximate surface area is 259 Å². The Balaban J connectivity index is 1.31. The van der Waals surface area contributed by atoms with Crippen molar-refractivity contribution in [3.63, 3.8) is 0 Å². The summed E-state index contributed by atoms with van der Waals surface area (Å²) < 4.78 is 15.9. The molecule has 0 radical (unpaired) electrons. The van der Waals surface area contributed by atoms with Crippen LogP contribution in [0.3, 0.4) is 0 Å². The Morgan fingerprint density at radius 3 is 2.25 bits per heavy atom. The van der Waals surface area contributed by atoms with E-state index in [9.17, 15) is 14.4 Å². The van der Waals surface area contributed by atoms with Gasteiger partial charge in [0, 0.05) is 37.9 Å². The van der Waals surface area contributed by atoms with Gasteiger partial charge >= 0.3 is 18.2 Å². The van der Waals surface area contributed by atoms with Gasteiger partial charge in [-0.15, -0.1) is 0 Å². The summed E-state index contributed by atoms with van der Waals surface area (Å²) in [6, 6.07) is 21.9. The van der Waals surface area contributed by atoms with Gasteiger partial charge in [0.15, 0.2) is 0 Å². The third-order valence-corrected chi connectivity index (χ3v) is 7.33. The Kier molecular flexibility index (Phi) is 11.2. The van der Waals surface area contributed by atoms with Crippen LogP contribution in [0.25, 0.3) is 0 Å². The van der Waals surface area contributed by atoms with E-state index in [0.717, 1.165) is 42.7 Å². The smallest absolute Gasteiger partial charge is 0.416 e. The van der Waals surface area contributed by atoms with E-state index in [0.29, 0.717) is 18.3 Å². The van der Waals surface area contributed by atoms with Crippen molar-refractivity contribution in [1.82, 2.24) is 10.3 Å². The molecule has 1 saturated heterocycles. The summed E-state index contributed by atoms with van der Waals surface area (Å²) >= 11 is 0. The van der Waals surface area contributed by atoms with Gasteiger partial charge in [0.2, 0.25) is 0 Å². The summed E-state index contributed by atoms with van der Waals surface area (Å²) in [6.07, 6.45) is 2.69. The highest BCUT2D eigenvalue weighted by Gasteiger charge is 2.29. The maximum absolute atomic E-state index is 13.0. The van der Waals surface area contributed by atoms with Crippen molar-refractivity contribution in [2.45, 2.75) is 58.3 Å². The fourth-order valence-electron chi connectivity index (χ4n) is 5.05. The second-order valence-corrected chi connectivity index (χ2v) is 11.9. The van der Waals surface area contributed by atoms with E-state index in [1.807, 2.05) is 93.6 Å². The molecule has 2 heterocycles. The highest BCUT2D eigenvalue weighted by atomic mass is 16.6. The molecule has 44 heavy (non-hydrogen) atoms. The Bertz CT molecular complexity index is 1350. The van der Waals surface area contributed by atoms with E-state index in [-0.39, 0.29) is 13.0 Å². The minimum atomic E-state index is -0.878. The number of rotatable bonds is 10. The topological polar surface area (TPSA) is 110 Å². The summed E-state index contributed by atoms with van der Waals surface area (Å²) in [4.78, 5) is 46.2. The third kappa shape index (κ3) is 9.72. The van der Waals surface area contributed by atoms with Gasteiger partial charge < -0.3 is 24.4 Å². The molecule has 1 aromatic heterocycles. The first-order chi connectivity index (χ1) is 21.1. The molecule has 0 spiro atoms. The van der Waals surface area contributed by atoms with Crippen molar-refractivity contribution in [2.24, 2.45) is 5.92 Å². The van der Waals surface area contributed by atoms with E-state index >= 15 is 0 Å². The summed E-state index contributed by atoms with van der Waals surface area (Å²) in [5.41, 5.74) is 2.21. The number of alkyl carbamates (subject to hydrolysis) is 1. The lowest BCUT2D eigenvalue weighted by Crippen LogP contribution is -2.43. The Morgan fingerprint density at radius 1 is 0.955 bits per heavy atom. The first kappa shape index (κ1) is 32.3. The zero-order valence-electron chi connectivity index (χ0n) is 25.9. The number of nitrogens with zero attached hydrogens (tertiary/aromatic N) is 3. The van der Waals surface area contributed by atoms with Crippen molar-refractivity contribution < 1.29 is 28.6 Å². The van der Waals surface area contributed by atoms with Gasteiger partial charge in [0.1, 0.15) is 24.1 Å². The quantitative estimate of drug-likeness (QED) is 0.231. The molecular formula is C34H42N4O6. The molecule has 3 aromatic rings. The van der Waals surface area contributed by atoms with E-state index in [2.05, 4.69) is 15.2 Å². The lowest BCUT2D eigenvalue weighted by atomic mass is 9.95. The molecule has 1 aliphatic heterocycles. The summed E-state index contributed by atoms with van der Waals surface area (Å²) in [5, 5.41) is 2.63. The van der Waals surface area contributed by atoms with Crippen LogP contribution in [-0.2, 0) is 32.0 Å². The number of nitrogens with one attached hydrogen (secondary N) is 1. The molecule has 2 aromatic carbocycles. The number of esters is 1. The number of methoxy groups -OCH3 is 1. The van der Waals surface area contributed by atoms with Crippen LogP contribution in [0.5, 0.6) is 0 Å². The molecule has 234 valence electrons. The maximum atomic E-state index is 13.0. The largest absolute Gasteiger partial charge is 0.467 e. The standard InChI is InChI=1S/C34H42N4O6/c1-34(2,3)44-33(41)38(30-12-8-9-19-35-30)23-26-17-20-37(21-18-26)28-15-13-25(14-16-28)22-29(31(39)42-4)36-32(40)43-24-27-10-6-5-7-11-27/h5-16,19,26,29H,17-18,20-24H2,1-4H3,(H,36,40). The highest BCUT2D eigenvalue weighted by molar-refractivity contribution is 5.86. The number of piperidine rings is 1. The van der Waals surface area contributed by atoms with Crippen LogP contribution < -0.4 is 15.1 Å². The minimum Gasteiger partial charge on any atom is -0.467 e. The van der Waals surface area contributed by atoms with Crippen molar-refractivity contribution in [2.75, 3.05) is 36.5 Å². The number of hydrogen-bond acceptors (Lipinski definition) is 8. The van der Waals surface area contributed by atoms with Crippen LogP contribution in [0.2, 0.25) is 0 Å². The molecule has 1 N–H and O–H groups in total. The van der Waals surface area contributed by atoms with Crippen molar-refractivity contribution in [1.29, 1.82) is 0 Å². The lowest BCUT2D eigenvalue weighted by molar-refractivity contribution is -0.143. The number of carbonyl (C=O) groups is 3. The number of carbonyl (C=O) groups excluding carboxylic acids is 3. The minimum absolute atomic E-state index is 0.105. The summed E-state index contributed by atoms with van der Waals surface area (Å²) in [7, 11) is 1.29. The van der Waals surface area contributed by atoms with Crippen LogP contribution in [0.1, 0.15) is 44.7 Å². The molecule has 1 atom stereocenters. The molecule has 0 bridgehead atoms. The average Bonchev–Trinajstić information content (AvgIpc) is 3.02. The van der Waals surface area contributed by atoms with Gasteiger partial charge in [-0.3, -0.25) is 4.90 Å². The van der Waals surface area contributed by atoms with Crippen molar-refractivity contribution >= 4 is 29.7 Å². The number of aromatic nitrogens is 1. The second-order valence-electron chi connectivity index (χ2n) is 11.9. The highest BCUT2D eigenvalue weighted by Crippen LogP contribution is 2.27. The van der Waals surface area contributed by atoms with Crippen molar-refractivity contribution in [3.8, 4) is 0 Å². The van der Waals surface area contributed by atoms with E-state index in [1.54, 1.807) is 11.1 Å². The Morgan fingerprint density at radius 2 is 1.64 bits per heavy atom. The number of benzene rings is 2. The van der Waals surface area contributed by atoms with Crippen LogP contribution in [0, 0.1) is 5.92 Å². The van der Waals surface area contributed by atoms with Gasteiger partial charge in [0.25, 0.3) is 0 Å². The lowest BCUT2D eigenvalue weighted by Gasteiger charge is -2.36. The second kappa shape index (κ2) is 15.2. The molecule has 10 heteroatoms. The number of amides is 2. The summed E-state index contributed by atoms with van der Waals surface area (Å²) in [6.45, 7) is 7.90. The zero-order valence-corrected chi connectivity index (χ0v) is 25.9. The fourth-order valence-corrected chi connectivity index (χ4v) is 5.05. The molecule has 4 rings (SSSR count). The van der Waals surface area contributed by atoms with Gasteiger partial charge in [-0.05, 0) is 74.9 Å². The van der Waals surface area contributed by atoms with Gasteiger partial charge in [-0.2, -0.15) is 0 Å². The van der Waals surface area contributed by atoms with E-state index < -0.39 is 29.8 Å². The maximum Gasteiger partial charge on any atom is 0.416 e. The number of pyridine rings is 1. The zero-order chi connectivity index (χ0) is 31.5. The molecule has 1 fully saturated rings. The number of hydrogen-bond donors (Lipinski definition) is 1. The molecule has 10 nitrogen and oxygen atoms in total. The SMILES string of the molecule is COC(=O)C(Cc1ccc(N2CCC(CN(C(=O)OC(C)(C)C)c3ccccn3)CC2)cc1)NC(=O)OCc1ccccc1. The van der Waals surface area contributed by atoms with Gasteiger partial charge in [-0.1, -0.05) is 48.5 Å². The number of ether oxygens (including phenoxy) is 3. The first-order valence-corrected chi connectivity index (χ1v) is 14.9. The van der Waals surface area contributed by atoms with Gasteiger partial charge in [0.05, 0.1) is 7.11 Å². The first-order valence-electron chi connectivity index (χ1n) is 14.9. The molecule has 1 aliphatic rings. The van der Waals surface area contributed by atoms with Crippen LogP contribution in [0.15, 0.2) is 79.0 Å². The normalized spacial score (nSPS) is 14.3. The van der Waals surface area contributed by atoms with Crippen LogP contribution >= 0.6 is 0 Å². The summed E-state index contributed by atoms with van der Waals surface area (Å²) in [5.74, 6) is 0.344. The van der Waals surface area contributed by atoms with E-state index in [4.69, 9.17) is 14.2 Å². The average molecular weight is 603 g/mol.